The number of nitrogens with two attached hydrogens (primary N) is 2. The molecule has 2 atom stereocenters. The Morgan fingerprint density at radius 3 is 1.30 bits per heavy atom. The fraction of sp³-hybridized carbons (Fsp3) is 0.833. The van der Waals surface area contributed by atoms with Crippen molar-refractivity contribution in [2.75, 3.05) is 24.0 Å². The molecule has 8 heteroatoms. The van der Waals surface area contributed by atoms with Gasteiger partial charge in [0.1, 0.15) is 11.1 Å². The van der Waals surface area contributed by atoms with Gasteiger partial charge in [-0.25, -0.2) is 0 Å². The summed E-state index contributed by atoms with van der Waals surface area (Å²) < 4.78 is 0. The molecule has 0 spiro atoms. The Kier molecular flexibility index (Phi) is 11.3. The molecule has 20 heavy (non-hydrogen) atoms. The number of carboxylic acid groups (broad SMARTS) is 2. The predicted octanol–water partition coefficient (Wildman–Crippen LogP) is 1.08. The van der Waals surface area contributed by atoms with Crippen LogP contribution in [0.4, 0.5) is 0 Å². The quantitative estimate of drug-likeness (QED) is 0.522. The van der Waals surface area contributed by atoms with Crippen LogP contribution >= 0.6 is 23.5 Å². The van der Waals surface area contributed by atoms with Crippen LogP contribution < -0.4 is 11.5 Å². The van der Waals surface area contributed by atoms with E-state index in [1.54, 1.807) is 23.5 Å². The average molecular weight is 326 g/mol. The molecule has 0 aromatic rings. The van der Waals surface area contributed by atoms with Gasteiger partial charge in [-0.05, 0) is 50.7 Å². The maximum absolute atomic E-state index is 10.4. The smallest absolute Gasteiger partial charge is 0.323 e. The second kappa shape index (κ2) is 10.3. The maximum Gasteiger partial charge on any atom is 0.323 e. The number of aliphatic carboxylic acids is 2. The first-order chi connectivity index (χ1) is 9.01. The zero-order chi connectivity index (χ0) is 16.4. The van der Waals surface area contributed by atoms with Gasteiger partial charge < -0.3 is 21.7 Å². The van der Waals surface area contributed by atoms with Crippen molar-refractivity contribution in [2.24, 2.45) is 11.5 Å². The number of hydrogen-bond donors (Lipinski definition) is 4. The van der Waals surface area contributed by atoms with Gasteiger partial charge in [-0.15, -0.1) is 0 Å². The molecule has 0 rings (SSSR count). The molecule has 0 unspecified atom stereocenters. The highest BCUT2D eigenvalue weighted by Crippen LogP contribution is 2.09. The molecule has 6 N–H and O–H groups in total. The first-order valence-corrected chi connectivity index (χ1v) is 8.82. The van der Waals surface area contributed by atoms with Gasteiger partial charge in [0, 0.05) is 0 Å². The van der Waals surface area contributed by atoms with Crippen LogP contribution in [0, 0.1) is 0 Å². The second-order valence-electron chi connectivity index (χ2n) is 4.93. The molecule has 0 aromatic heterocycles. The zero-order valence-electron chi connectivity index (χ0n) is 12.5. The van der Waals surface area contributed by atoms with Crippen molar-refractivity contribution in [1.29, 1.82) is 0 Å². The number of carboxylic acids is 2. The Hall–Kier alpha value is -0.440. The van der Waals surface area contributed by atoms with E-state index >= 15 is 0 Å². The van der Waals surface area contributed by atoms with Crippen LogP contribution in [-0.2, 0) is 9.59 Å². The standard InChI is InChI=1S/2C6H13NO2S/c2*1-6(7,5(8)9)3-4-10-2/h2*3-4,7H2,1-2H3,(H,8,9)/t2*6-/m00/s1. The number of hydrogen-bond acceptors (Lipinski definition) is 6. The van der Waals surface area contributed by atoms with E-state index in [2.05, 4.69) is 0 Å². The van der Waals surface area contributed by atoms with Crippen LogP contribution in [0.25, 0.3) is 0 Å². The minimum absolute atomic E-state index is 0.517. The van der Waals surface area contributed by atoms with E-state index in [0.717, 1.165) is 11.5 Å². The Bertz CT molecular complexity index is 280. The summed E-state index contributed by atoms with van der Waals surface area (Å²) in [5, 5.41) is 17.1. The van der Waals surface area contributed by atoms with E-state index in [9.17, 15) is 9.59 Å². The summed E-state index contributed by atoms with van der Waals surface area (Å²) in [5.74, 6) is -0.276. The van der Waals surface area contributed by atoms with E-state index < -0.39 is 23.0 Å². The highest BCUT2D eigenvalue weighted by molar-refractivity contribution is 7.98. The molecule has 0 radical (unpaired) electrons. The largest absolute Gasteiger partial charge is 0.480 e. The molecular formula is C12H26N2O4S2. The van der Waals surface area contributed by atoms with E-state index in [-0.39, 0.29) is 0 Å². The lowest BCUT2D eigenvalue weighted by Gasteiger charge is -2.17. The van der Waals surface area contributed by atoms with E-state index in [1.165, 1.54) is 13.8 Å². The van der Waals surface area contributed by atoms with E-state index in [4.69, 9.17) is 21.7 Å². The Labute approximate surface area is 129 Å². The molecule has 0 saturated heterocycles. The van der Waals surface area contributed by atoms with E-state index in [0.29, 0.717) is 12.8 Å². The van der Waals surface area contributed by atoms with Crippen LogP contribution in [-0.4, -0.2) is 57.2 Å². The number of thioether (sulfide) groups is 2. The summed E-state index contributed by atoms with van der Waals surface area (Å²) in [6.07, 6.45) is 4.89. The van der Waals surface area contributed by atoms with Gasteiger partial charge >= 0.3 is 11.9 Å². The molecule has 0 saturated carbocycles. The summed E-state index contributed by atoms with van der Waals surface area (Å²) in [6, 6.07) is 0. The molecular weight excluding hydrogens is 300 g/mol. The van der Waals surface area contributed by atoms with Crippen molar-refractivity contribution < 1.29 is 19.8 Å². The predicted molar refractivity (Wildman–Crippen MR) is 86.5 cm³/mol. The Balaban J connectivity index is 0. The Morgan fingerprint density at radius 1 is 0.900 bits per heavy atom. The van der Waals surface area contributed by atoms with Crippen molar-refractivity contribution in [1.82, 2.24) is 0 Å². The van der Waals surface area contributed by atoms with Crippen LogP contribution in [0.1, 0.15) is 26.7 Å². The van der Waals surface area contributed by atoms with Crippen molar-refractivity contribution in [2.45, 2.75) is 37.8 Å². The van der Waals surface area contributed by atoms with Crippen LogP contribution in [0.2, 0.25) is 0 Å². The van der Waals surface area contributed by atoms with Gasteiger partial charge in [0.05, 0.1) is 0 Å². The van der Waals surface area contributed by atoms with Gasteiger partial charge in [0.2, 0.25) is 0 Å². The SMILES string of the molecule is CSCC[C@](C)(N)C(=O)O.CSCC[C@](C)(N)C(=O)O. The van der Waals surface area contributed by atoms with Gasteiger partial charge in [-0.1, -0.05) is 0 Å². The molecule has 0 aliphatic heterocycles. The molecule has 0 aromatic carbocycles. The first kappa shape index (κ1) is 21.9. The molecule has 0 aliphatic carbocycles. The minimum atomic E-state index is -1.05. The lowest BCUT2D eigenvalue weighted by Crippen LogP contribution is -2.45. The Morgan fingerprint density at radius 2 is 1.15 bits per heavy atom. The monoisotopic (exact) mass is 326 g/mol. The lowest BCUT2D eigenvalue weighted by atomic mass is 10.0. The number of rotatable bonds is 8. The third-order valence-electron chi connectivity index (χ3n) is 2.63. The third-order valence-corrected chi connectivity index (χ3v) is 3.85. The van der Waals surface area contributed by atoms with Crippen molar-refractivity contribution in [3.05, 3.63) is 0 Å². The van der Waals surface area contributed by atoms with Gasteiger partial charge in [0.15, 0.2) is 0 Å². The topological polar surface area (TPSA) is 127 Å². The van der Waals surface area contributed by atoms with Crippen LogP contribution in [0.3, 0.4) is 0 Å². The van der Waals surface area contributed by atoms with Crippen LogP contribution in [0.15, 0.2) is 0 Å². The highest BCUT2D eigenvalue weighted by Gasteiger charge is 2.27. The summed E-state index contributed by atoms with van der Waals surface area (Å²) in [7, 11) is 0. The molecule has 0 amide bonds. The average Bonchev–Trinajstić information content (AvgIpc) is 2.34. The number of carbonyl (C=O) groups is 2. The molecule has 0 fully saturated rings. The normalized spacial score (nSPS) is 16.3. The second-order valence-corrected chi connectivity index (χ2v) is 6.90. The van der Waals surface area contributed by atoms with Gasteiger partial charge in [0.25, 0.3) is 0 Å². The summed E-state index contributed by atoms with van der Waals surface area (Å²) >= 11 is 3.21. The fourth-order valence-electron chi connectivity index (χ4n) is 0.842. The molecule has 6 nitrogen and oxygen atoms in total. The first-order valence-electron chi connectivity index (χ1n) is 6.03. The van der Waals surface area contributed by atoms with Crippen molar-refractivity contribution >= 4 is 35.5 Å². The minimum Gasteiger partial charge on any atom is -0.480 e. The summed E-state index contributed by atoms with van der Waals surface area (Å²) in [5.41, 5.74) is 8.76. The molecule has 0 bridgehead atoms. The van der Waals surface area contributed by atoms with E-state index in [1.807, 2.05) is 12.5 Å². The lowest BCUT2D eigenvalue weighted by molar-refractivity contribution is -0.143. The van der Waals surface area contributed by atoms with Crippen molar-refractivity contribution in [3.63, 3.8) is 0 Å². The third kappa shape index (κ3) is 10.4. The van der Waals surface area contributed by atoms with Gasteiger partial charge in [-0.2, -0.15) is 23.5 Å². The molecule has 0 aliphatic rings. The molecule has 120 valence electrons. The van der Waals surface area contributed by atoms with Crippen molar-refractivity contribution in [3.8, 4) is 0 Å². The zero-order valence-corrected chi connectivity index (χ0v) is 14.1. The fourth-order valence-corrected chi connectivity index (χ4v) is 2.10. The molecule has 0 heterocycles. The van der Waals surface area contributed by atoms with Crippen LogP contribution in [0.5, 0.6) is 0 Å². The highest BCUT2D eigenvalue weighted by atomic mass is 32.2. The maximum atomic E-state index is 10.4. The van der Waals surface area contributed by atoms with Gasteiger partial charge in [-0.3, -0.25) is 9.59 Å². The summed E-state index contributed by atoms with van der Waals surface area (Å²) in [4.78, 5) is 20.8. The summed E-state index contributed by atoms with van der Waals surface area (Å²) in [6.45, 7) is 3.07.